The van der Waals surface area contributed by atoms with Gasteiger partial charge in [0, 0.05) is 17.4 Å². The summed E-state index contributed by atoms with van der Waals surface area (Å²) in [6.45, 7) is 1.98. The summed E-state index contributed by atoms with van der Waals surface area (Å²) in [5.41, 5.74) is 0. The molecule has 0 aromatic carbocycles. The van der Waals surface area contributed by atoms with Crippen molar-refractivity contribution in [3.8, 4) is 0 Å². The largest absolute Gasteiger partial charge is 0.286 e. The second kappa shape index (κ2) is 6.17. The molecule has 0 radical (unpaired) electrons. The molecule has 0 aromatic heterocycles. The summed E-state index contributed by atoms with van der Waals surface area (Å²) in [5, 5.41) is 0. The van der Waals surface area contributed by atoms with E-state index in [4.69, 9.17) is 4.55 Å². The van der Waals surface area contributed by atoms with Crippen molar-refractivity contribution in [1.29, 1.82) is 0 Å². The molecular formula is C5H12CrO3S. The Labute approximate surface area is 72.7 Å². The first kappa shape index (κ1) is 13.1. The van der Waals surface area contributed by atoms with E-state index < -0.39 is 10.1 Å². The monoisotopic (exact) mass is 204 g/mol. The minimum Gasteiger partial charge on any atom is -0.286 e. The Bertz CT molecular complexity index is 152. The van der Waals surface area contributed by atoms with Gasteiger partial charge in [-0.1, -0.05) is 19.8 Å². The standard InChI is InChI=1S/C5H12O3S.Cr/c1-2-3-4-5-9(6,7)8;/h2-5H2,1H3,(H,6,7,8);. The van der Waals surface area contributed by atoms with Gasteiger partial charge in [0.25, 0.3) is 10.1 Å². The average Bonchev–Trinajstić information content (AvgIpc) is 1.63. The molecule has 0 aliphatic rings. The summed E-state index contributed by atoms with van der Waals surface area (Å²) < 4.78 is 28.3. The van der Waals surface area contributed by atoms with Gasteiger partial charge in [0.05, 0.1) is 5.75 Å². The van der Waals surface area contributed by atoms with Crippen LogP contribution >= 0.6 is 0 Å². The fourth-order valence-corrected chi connectivity index (χ4v) is 1.10. The van der Waals surface area contributed by atoms with E-state index in [0.717, 1.165) is 12.8 Å². The van der Waals surface area contributed by atoms with Crippen LogP contribution in [-0.2, 0) is 27.5 Å². The molecule has 0 fully saturated rings. The van der Waals surface area contributed by atoms with E-state index in [1.165, 1.54) is 0 Å². The van der Waals surface area contributed by atoms with Crippen molar-refractivity contribution in [3.63, 3.8) is 0 Å². The van der Waals surface area contributed by atoms with Crippen molar-refractivity contribution < 1.29 is 30.3 Å². The zero-order valence-electron chi connectivity index (χ0n) is 5.91. The number of rotatable bonds is 4. The molecular weight excluding hydrogens is 192 g/mol. The zero-order chi connectivity index (χ0) is 7.33. The van der Waals surface area contributed by atoms with Gasteiger partial charge in [-0.3, -0.25) is 4.55 Å². The topological polar surface area (TPSA) is 54.4 Å². The third kappa shape index (κ3) is 11.3. The van der Waals surface area contributed by atoms with Gasteiger partial charge in [-0.2, -0.15) is 8.42 Å². The number of unbranched alkanes of at least 4 members (excludes halogenated alkanes) is 2. The van der Waals surface area contributed by atoms with Crippen molar-refractivity contribution in [3.05, 3.63) is 0 Å². The average molecular weight is 204 g/mol. The summed E-state index contributed by atoms with van der Waals surface area (Å²) in [6.07, 6.45) is 2.39. The van der Waals surface area contributed by atoms with E-state index in [0.29, 0.717) is 6.42 Å². The molecule has 0 heterocycles. The van der Waals surface area contributed by atoms with Crippen LogP contribution in [0.4, 0.5) is 0 Å². The molecule has 0 spiro atoms. The predicted octanol–water partition coefficient (Wildman–Crippen LogP) is 1.06. The van der Waals surface area contributed by atoms with Crippen LogP contribution in [0.2, 0.25) is 0 Å². The Morgan fingerprint density at radius 1 is 1.30 bits per heavy atom. The van der Waals surface area contributed by atoms with Gasteiger partial charge in [0.2, 0.25) is 0 Å². The van der Waals surface area contributed by atoms with Gasteiger partial charge in [0.15, 0.2) is 0 Å². The molecule has 0 unspecified atom stereocenters. The molecule has 0 saturated carbocycles. The third-order valence-electron chi connectivity index (χ3n) is 1.01. The smallest absolute Gasteiger partial charge is 0.264 e. The van der Waals surface area contributed by atoms with Gasteiger partial charge in [-0.15, -0.1) is 0 Å². The Morgan fingerprint density at radius 3 is 2.10 bits per heavy atom. The molecule has 0 amide bonds. The van der Waals surface area contributed by atoms with Crippen molar-refractivity contribution in [2.75, 3.05) is 5.75 Å². The third-order valence-corrected chi connectivity index (χ3v) is 1.81. The van der Waals surface area contributed by atoms with Crippen LogP contribution in [0.5, 0.6) is 0 Å². The fourth-order valence-electron chi connectivity index (χ4n) is 0.534. The van der Waals surface area contributed by atoms with E-state index in [2.05, 4.69) is 0 Å². The maximum absolute atomic E-state index is 10.1. The second-order valence-corrected chi connectivity index (χ2v) is 3.57. The fraction of sp³-hybridized carbons (Fsp3) is 1.00. The van der Waals surface area contributed by atoms with Crippen LogP contribution in [0, 0.1) is 0 Å². The molecule has 10 heavy (non-hydrogen) atoms. The van der Waals surface area contributed by atoms with Crippen LogP contribution in [0.3, 0.4) is 0 Å². The van der Waals surface area contributed by atoms with Gasteiger partial charge in [0.1, 0.15) is 0 Å². The van der Waals surface area contributed by atoms with Gasteiger partial charge >= 0.3 is 0 Å². The summed E-state index contributed by atoms with van der Waals surface area (Å²) >= 11 is 0. The van der Waals surface area contributed by atoms with E-state index >= 15 is 0 Å². The summed E-state index contributed by atoms with van der Waals surface area (Å²) in [5.74, 6) is -0.0964. The summed E-state index contributed by atoms with van der Waals surface area (Å²) in [7, 11) is -3.70. The predicted molar refractivity (Wildman–Crippen MR) is 35.9 cm³/mol. The van der Waals surface area contributed by atoms with Crippen LogP contribution in [0.1, 0.15) is 26.2 Å². The van der Waals surface area contributed by atoms with Gasteiger partial charge in [-0.05, 0) is 6.42 Å². The molecule has 1 N–H and O–H groups in total. The molecule has 5 heteroatoms. The van der Waals surface area contributed by atoms with Crippen molar-refractivity contribution in [1.82, 2.24) is 0 Å². The zero-order valence-corrected chi connectivity index (χ0v) is 8.00. The maximum Gasteiger partial charge on any atom is 0.264 e. The SMILES string of the molecule is CCCCCS(=O)(=O)O.[Cr]. The minimum atomic E-state index is -3.70. The first-order chi connectivity index (χ1) is 4.06. The normalized spacial score (nSPS) is 10.6. The summed E-state index contributed by atoms with van der Waals surface area (Å²) in [6, 6.07) is 0. The van der Waals surface area contributed by atoms with Crippen LogP contribution in [0.25, 0.3) is 0 Å². The molecule has 0 bridgehead atoms. The molecule has 0 aliphatic heterocycles. The van der Waals surface area contributed by atoms with E-state index in [1.54, 1.807) is 0 Å². The second-order valence-electron chi connectivity index (χ2n) is 1.99. The Hall–Kier alpha value is 0.442. The van der Waals surface area contributed by atoms with E-state index in [9.17, 15) is 8.42 Å². The molecule has 0 rings (SSSR count). The molecule has 0 aliphatic carbocycles. The molecule has 0 aromatic rings. The quantitative estimate of drug-likeness (QED) is 0.550. The van der Waals surface area contributed by atoms with Crippen molar-refractivity contribution in [2.24, 2.45) is 0 Å². The van der Waals surface area contributed by atoms with Gasteiger partial charge < -0.3 is 0 Å². The van der Waals surface area contributed by atoms with E-state index in [-0.39, 0.29) is 23.1 Å². The van der Waals surface area contributed by atoms with Crippen molar-refractivity contribution >= 4 is 10.1 Å². The Kier molecular flexibility index (Phi) is 8.06. The molecule has 3 nitrogen and oxygen atoms in total. The summed E-state index contributed by atoms with van der Waals surface area (Å²) in [4.78, 5) is 0. The number of hydrogen-bond acceptors (Lipinski definition) is 2. The Balaban J connectivity index is 0. The molecule has 0 atom stereocenters. The Morgan fingerprint density at radius 2 is 1.80 bits per heavy atom. The first-order valence-electron chi connectivity index (χ1n) is 3.01. The minimum absolute atomic E-state index is 0. The number of hydrogen-bond donors (Lipinski definition) is 1. The van der Waals surface area contributed by atoms with Crippen LogP contribution in [0.15, 0.2) is 0 Å². The van der Waals surface area contributed by atoms with Crippen LogP contribution in [-0.4, -0.2) is 18.7 Å². The molecule has 62 valence electrons. The first-order valence-corrected chi connectivity index (χ1v) is 4.62. The van der Waals surface area contributed by atoms with Crippen molar-refractivity contribution in [2.45, 2.75) is 26.2 Å². The van der Waals surface area contributed by atoms with Gasteiger partial charge in [-0.25, -0.2) is 0 Å². The van der Waals surface area contributed by atoms with E-state index in [1.807, 2.05) is 6.92 Å². The maximum atomic E-state index is 10.1. The van der Waals surface area contributed by atoms with Crippen LogP contribution < -0.4 is 0 Å². The molecule has 0 saturated heterocycles.